The van der Waals surface area contributed by atoms with E-state index in [1.807, 2.05) is 31.2 Å². The van der Waals surface area contributed by atoms with Crippen LogP contribution < -0.4 is 11.1 Å². The highest BCUT2D eigenvalue weighted by Gasteiger charge is 2.17. The Morgan fingerprint density at radius 3 is 2.45 bits per heavy atom. The molecule has 0 saturated heterocycles. The average Bonchev–Trinajstić information content (AvgIpc) is 2.85. The lowest BCUT2D eigenvalue weighted by Crippen LogP contribution is -2.18. The Labute approximate surface area is 131 Å². The molecule has 0 aliphatic rings. The van der Waals surface area contributed by atoms with Crippen molar-refractivity contribution < 1.29 is 9.59 Å². The van der Waals surface area contributed by atoms with Crippen LogP contribution in [0, 0.1) is 6.92 Å². The molecule has 2 amide bonds. The average molecular weight is 310 g/mol. The minimum Gasteiger partial charge on any atom is -0.366 e. The lowest BCUT2D eigenvalue weighted by Gasteiger charge is -2.08. The summed E-state index contributed by atoms with van der Waals surface area (Å²) in [6, 6.07) is 14.6. The standard InChI is InChI=1S/C17H14N2O2S/c1-10-11-6-3-5-9-14(11)22-15(10)17(21)19-13-8-4-2-7-12(13)16(18)20/h2-9H,1H3,(H2,18,20)(H,19,21). The Hall–Kier alpha value is -2.66. The van der Waals surface area contributed by atoms with Crippen LogP contribution in [0.1, 0.15) is 25.6 Å². The molecule has 1 aromatic heterocycles. The van der Waals surface area contributed by atoms with E-state index >= 15 is 0 Å². The van der Waals surface area contributed by atoms with Gasteiger partial charge in [-0.2, -0.15) is 0 Å². The molecule has 0 aliphatic carbocycles. The number of nitrogens with two attached hydrogens (primary N) is 1. The van der Waals surface area contributed by atoms with Gasteiger partial charge in [0.05, 0.1) is 16.1 Å². The van der Waals surface area contributed by atoms with Crippen LogP contribution in [0.3, 0.4) is 0 Å². The van der Waals surface area contributed by atoms with Crippen molar-refractivity contribution in [1.82, 2.24) is 0 Å². The summed E-state index contributed by atoms with van der Waals surface area (Å²) in [6.45, 7) is 1.92. The largest absolute Gasteiger partial charge is 0.366 e. The third-order valence-electron chi connectivity index (χ3n) is 3.49. The first-order chi connectivity index (χ1) is 10.6. The number of aryl methyl sites for hydroxylation is 1. The summed E-state index contributed by atoms with van der Waals surface area (Å²) >= 11 is 1.44. The van der Waals surface area contributed by atoms with Crippen LogP contribution in [0.2, 0.25) is 0 Å². The molecule has 2 aromatic carbocycles. The molecule has 0 atom stereocenters. The minimum absolute atomic E-state index is 0.229. The van der Waals surface area contributed by atoms with Gasteiger partial charge in [-0.3, -0.25) is 9.59 Å². The molecule has 0 spiro atoms. The Kier molecular flexibility index (Phi) is 3.65. The molecule has 0 unspecified atom stereocenters. The van der Waals surface area contributed by atoms with Crippen LogP contribution in [0.5, 0.6) is 0 Å². The first kappa shape index (κ1) is 14.3. The molecule has 0 saturated carbocycles. The summed E-state index contributed by atoms with van der Waals surface area (Å²) in [7, 11) is 0. The van der Waals surface area contributed by atoms with Crippen molar-refractivity contribution in [3.63, 3.8) is 0 Å². The number of hydrogen-bond donors (Lipinski definition) is 2. The molecule has 5 heteroatoms. The minimum atomic E-state index is -0.566. The van der Waals surface area contributed by atoms with E-state index in [4.69, 9.17) is 5.73 Å². The lowest BCUT2D eigenvalue weighted by molar-refractivity contribution is 0.100. The smallest absolute Gasteiger partial charge is 0.266 e. The van der Waals surface area contributed by atoms with Crippen LogP contribution in [0.15, 0.2) is 48.5 Å². The van der Waals surface area contributed by atoms with E-state index in [0.717, 1.165) is 15.6 Å². The van der Waals surface area contributed by atoms with Gasteiger partial charge in [0.25, 0.3) is 11.8 Å². The molecule has 0 bridgehead atoms. The summed E-state index contributed by atoms with van der Waals surface area (Å²) in [6.07, 6.45) is 0. The lowest BCUT2D eigenvalue weighted by atomic mass is 10.1. The fraction of sp³-hybridized carbons (Fsp3) is 0.0588. The molecule has 110 valence electrons. The number of rotatable bonds is 3. The maximum absolute atomic E-state index is 12.5. The number of para-hydroxylation sites is 1. The van der Waals surface area contributed by atoms with Crippen molar-refractivity contribution in [2.24, 2.45) is 5.73 Å². The number of amides is 2. The molecular weight excluding hydrogens is 296 g/mol. The molecular formula is C17H14N2O2S. The van der Waals surface area contributed by atoms with Gasteiger partial charge in [-0.05, 0) is 36.1 Å². The van der Waals surface area contributed by atoms with E-state index in [9.17, 15) is 9.59 Å². The number of benzene rings is 2. The van der Waals surface area contributed by atoms with Gasteiger partial charge in [-0.1, -0.05) is 30.3 Å². The van der Waals surface area contributed by atoms with E-state index in [1.165, 1.54) is 11.3 Å². The molecule has 3 aromatic rings. The fourth-order valence-electron chi connectivity index (χ4n) is 2.38. The Bertz CT molecular complexity index is 883. The number of thiophene rings is 1. The zero-order chi connectivity index (χ0) is 15.7. The van der Waals surface area contributed by atoms with Crippen LogP contribution in [0.25, 0.3) is 10.1 Å². The first-order valence-corrected chi connectivity index (χ1v) is 7.58. The van der Waals surface area contributed by atoms with Gasteiger partial charge in [0.1, 0.15) is 0 Å². The molecule has 1 heterocycles. The third-order valence-corrected chi connectivity index (χ3v) is 4.76. The quantitative estimate of drug-likeness (QED) is 0.776. The van der Waals surface area contributed by atoms with Gasteiger partial charge in [0.2, 0.25) is 0 Å². The number of carbonyl (C=O) groups excluding carboxylic acids is 2. The Morgan fingerprint density at radius 1 is 1.05 bits per heavy atom. The zero-order valence-corrected chi connectivity index (χ0v) is 12.7. The fourth-order valence-corrected chi connectivity index (χ4v) is 3.48. The molecule has 22 heavy (non-hydrogen) atoms. The predicted molar refractivity (Wildman–Crippen MR) is 89.5 cm³/mol. The summed E-state index contributed by atoms with van der Waals surface area (Å²) in [5.74, 6) is -0.795. The molecule has 3 rings (SSSR count). The predicted octanol–water partition coefficient (Wildman–Crippen LogP) is 3.56. The van der Waals surface area contributed by atoms with E-state index in [1.54, 1.807) is 24.3 Å². The van der Waals surface area contributed by atoms with Crippen LogP contribution in [-0.2, 0) is 0 Å². The van der Waals surface area contributed by atoms with Crippen molar-refractivity contribution in [2.45, 2.75) is 6.92 Å². The third kappa shape index (κ3) is 2.46. The number of nitrogens with one attached hydrogen (secondary N) is 1. The normalized spacial score (nSPS) is 10.6. The zero-order valence-electron chi connectivity index (χ0n) is 11.9. The highest BCUT2D eigenvalue weighted by molar-refractivity contribution is 7.21. The van der Waals surface area contributed by atoms with Crippen molar-refractivity contribution in [1.29, 1.82) is 0 Å². The van der Waals surface area contributed by atoms with Crippen molar-refractivity contribution >= 4 is 38.9 Å². The number of anilines is 1. The topological polar surface area (TPSA) is 72.2 Å². The van der Waals surface area contributed by atoms with E-state index in [0.29, 0.717) is 16.1 Å². The van der Waals surface area contributed by atoms with Gasteiger partial charge >= 0.3 is 0 Å². The molecule has 4 nitrogen and oxygen atoms in total. The second kappa shape index (κ2) is 5.61. The van der Waals surface area contributed by atoms with Crippen LogP contribution in [-0.4, -0.2) is 11.8 Å². The maximum atomic E-state index is 12.5. The molecule has 0 fully saturated rings. The first-order valence-electron chi connectivity index (χ1n) is 6.76. The Balaban J connectivity index is 1.98. The number of fused-ring (bicyclic) bond motifs is 1. The van der Waals surface area contributed by atoms with E-state index in [-0.39, 0.29) is 5.91 Å². The SMILES string of the molecule is Cc1c(C(=O)Nc2ccccc2C(N)=O)sc2ccccc12. The molecule has 0 aliphatic heterocycles. The Morgan fingerprint density at radius 2 is 1.73 bits per heavy atom. The van der Waals surface area contributed by atoms with E-state index < -0.39 is 5.91 Å². The molecule has 3 N–H and O–H groups in total. The monoisotopic (exact) mass is 310 g/mol. The van der Waals surface area contributed by atoms with Crippen LogP contribution in [0.4, 0.5) is 5.69 Å². The van der Waals surface area contributed by atoms with Crippen molar-refractivity contribution in [3.05, 3.63) is 64.5 Å². The van der Waals surface area contributed by atoms with Gasteiger partial charge in [-0.15, -0.1) is 11.3 Å². The van der Waals surface area contributed by atoms with Gasteiger partial charge in [0, 0.05) is 4.70 Å². The number of hydrogen-bond acceptors (Lipinski definition) is 3. The van der Waals surface area contributed by atoms with Crippen LogP contribution >= 0.6 is 11.3 Å². The maximum Gasteiger partial charge on any atom is 0.266 e. The van der Waals surface area contributed by atoms with E-state index in [2.05, 4.69) is 5.32 Å². The summed E-state index contributed by atoms with van der Waals surface area (Å²) in [5.41, 5.74) is 7.00. The number of primary amides is 1. The highest BCUT2D eigenvalue weighted by Crippen LogP contribution is 2.31. The van der Waals surface area contributed by atoms with Gasteiger partial charge in [-0.25, -0.2) is 0 Å². The van der Waals surface area contributed by atoms with Gasteiger partial charge in [0.15, 0.2) is 0 Å². The van der Waals surface area contributed by atoms with Gasteiger partial charge < -0.3 is 11.1 Å². The summed E-state index contributed by atoms with van der Waals surface area (Å²) in [4.78, 5) is 24.6. The second-order valence-corrected chi connectivity index (χ2v) is 5.97. The highest BCUT2D eigenvalue weighted by atomic mass is 32.1. The number of carbonyl (C=O) groups is 2. The van der Waals surface area contributed by atoms with Crippen molar-refractivity contribution in [3.8, 4) is 0 Å². The second-order valence-electron chi connectivity index (χ2n) is 4.92. The summed E-state index contributed by atoms with van der Waals surface area (Å²) in [5, 5.41) is 3.85. The molecule has 0 radical (unpaired) electrons. The summed E-state index contributed by atoms with van der Waals surface area (Å²) < 4.78 is 1.06. The van der Waals surface area contributed by atoms with Crippen molar-refractivity contribution in [2.75, 3.05) is 5.32 Å².